The molecule has 0 atom stereocenters. The molecule has 3 aromatic heterocycles. The maximum atomic E-state index is 12.0. The predicted molar refractivity (Wildman–Crippen MR) is 132 cm³/mol. The summed E-state index contributed by atoms with van der Waals surface area (Å²) in [5.41, 5.74) is 4.38. The van der Waals surface area contributed by atoms with Gasteiger partial charge in [0.05, 0.1) is 30.5 Å². The Balaban J connectivity index is 1.74. The predicted octanol–water partition coefficient (Wildman–Crippen LogP) is 6.26. The maximum absolute atomic E-state index is 12.0. The number of fused-ring (bicyclic) bond motifs is 1. The van der Waals surface area contributed by atoms with Gasteiger partial charge >= 0.3 is 5.97 Å². The third kappa shape index (κ3) is 4.01. The Morgan fingerprint density at radius 1 is 1.15 bits per heavy atom. The molecule has 5 rings (SSSR count). The summed E-state index contributed by atoms with van der Waals surface area (Å²) in [4.78, 5) is 21.5. The van der Waals surface area contributed by atoms with Gasteiger partial charge in [-0.1, -0.05) is 17.7 Å². The van der Waals surface area contributed by atoms with Crippen molar-refractivity contribution in [1.29, 1.82) is 0 Å². The molecule has 33 heavy (non-hydrogen) atoms. The number of benzene rings is 2. The lowest BCUT2D eigenvalue weighted by atomic mass is 10.0. The summed E-state index contributed by atoms with van der Waals surface area (Å²) in [6.45, 7) is 0.0957. The Bertz CT molecular complexity index is 1440. The van der Waals surface area contributed by atoms with Crippen LogP contribution < -0.4 is 4.74 Å². The molecular formula is C25H20ClN3O3S. The highest BCUT2D eigenvalue weighted by molar-refractivity contribution is 7.13. The van der Waals surface area contributed by atoms with Crippen molar-refractivity contribution in [2.45, 2.75) is 6.54 Å². The van der Waals surface area contributed by atoms with E-state index in [0.29, 0.717) is 5.02 Å². The van der Waals surface area contributed by atoms with Crippen LogP contribution in [0.15, 0.2) is 66.2 Å². The summed E-state index contributed by atoms with van der Waals surface area (Å²) >= 11 is 7.97. The molecular weight excluding hydrogens is 458 g/mol. The lowest BCUT2D eigenvalue weighted by Crippen LogP contribution is -2.10. The van der Waals surface area contributed by atoms with E-state index >= 15 is 0 Å². The first-order valence-electron chi connectivity index (χ1n) is 10.2. The Morgan fingerprint density at radius 3 is 2.67 bits per heavy atom. The van der Waals surface area contributed by atoms with Gasteiger partial charge in [-0.3, -0.25) is 4.79 Å². The van der Waals surface area contributed by atoms with Gasteiger partial charge in [-0.2, -0.15) is 0 Å². The van der Waals surface area contributed by atoms with Crippen molar-refractivity contribution in [2.24, 2.45) is 0 Å². The Morgan fingerprint density at radius 2 is 1.97 bits per heavy atom. The second-order valence-corrected chi connectivity index (χ2v) is 8.81. The number of ether oxygens (including phenoxy) is 2. The summed E-state index contributed by atoms with van der Waals surface area (Å²) in [7, 11) is 3.03. The zero-order chi connectivity index (χ0) is 22.9. The van der Waals surface area contributed by atoms with Gasteiger partial charge in [-0.25, -0.2) is 4.98 Å². The fourth-order valence-electron chi connectivity index (χ4n) is 3.86. The number of methoxy groups -OCH3 is 2. The van der Waals surface area contributed by atoms with E-state index in [-0.39, 0.29) is 12.5 Å². The molecule has 0 aliphatic carbocycles. The van der Waals surface area contributed by atoms with Crippen molar-refractivity contribution in [3.05, 3.63) is 71.2 Å². The molecule has 0 amide bonds. The minimum atomic E-state index is -0.326. The third-order valence-corrected chi connectivity index (χ3v) is 6.57. The number of esters is 1. The van der Waals surface area contributed by atoms with Crippen molar-refractivity contribution in [1.82, 2.24) is 14.5 Å². The number of aromatic amines is 1. The van der Waals surface area contributed by atoms with Crippen molar-refractivity contribution in [2.75, 3.05) is 14.2 Å². The molecule has 5 aromatic rings. The first-order valence-corrected chi connectivity index (χ1v) is 11.5. The summed E-state index contributed by atoms with van der Waals surface area (Å²) < 4.78 is 12.1. The largest absolute Gasteiger partial charge is 0.497 e. The molecule has 3 heterocycles. The number of nitrogens with zero attached hydrogens (tertiary/aromatic N) is 2. The number of hydrogen-bond acceptors (Lipinski definition) is 5. The smallest absolute Gasteiger partial charge is 0.325 e. The van der Waals surface area contributed by atoms with Crippen LogP contribution in [0.4, 0.5) is 0 Å². The molecule has 0 aliphatic rings. The molecule has 8 heteroatoms. The van der Waals surface area contributed by atoms with E-state index in [9.17, 15) is 4.79 Å². The molecule has 0 radical (unpaired) electrons. The molecule has 2 aromatic carbocycles. The van der Waals surface area contributed by atoms with E-state index in [1.54, 1.807) is 18.4 Å². The molecule has 0 unspecified atom stereocenters. The van der Waals surface area contributed by atoms with Crippen LogP contribution in [-0.4, -0.2) is 34.7 Å². The number of halogens is 1. The normalized spacial score (nSPS) is 11.1. The zero-order valence-corrected chi connectivity index (χ0v) is 19.5. The Labute approximate surface area is 199 Å². The van der Waals surface area contributed by atoms with Crippen LogP contribution in [0, 0.1) is 0 Å². The van der Waals surface area contributed by atoms with E-state index in [2.05, 4.69) is 4.98 Å². The van der Waals surface area contributed by atoms with Crippen LogP contribution in [-0.2, 0) is 16.1 Å². The third-order valence-electron chi connectivity index (χ3n) is 5.46. The highest BCUT2D eigenvalue weighted by Gasteiger charge is 2.21. The zero-order valence-electron chi connectivity index (χ0n) is 18.0. The molecule has 6 nitrogen and oxygen atoms in total. The summed E-state index contributed by atoms with van der Waals surface area (Å²) in [6, 6.07) is 17.5. The number of hydrogen-bond donors (Lipinski definition) is 1. The summed E-state index contributed by atoms with van der Waals surface area (Å²) in [5.74, 6) is 1.23. The Hall–Kier alpha value is -3.55. The number of aromatic nitrogens is 3. The van der Waals surface area contributed by atoms with Gasteiger partial charge in [0.25, 0.3) is 0 Å². The van der Waals surface area contributed by atoms with Crippen LogP contribution in [0.5, 0.6) is 5.75 Å². The van der Waals surface area contributed by atoms with Crippen molar-refractivity contribution < 1.29 is 14.3 Å². The van der Waals surface area contributed by atoms with Gasteiger partial charge in [0.1, 0.15) is 18.1 Å². The average molecular weight is 478 g/mol. The molecule has 0 aliphatic heterocycles. The van der Waals surface area contributed by atoms with Crippen molar-refractivity contribution in [3.63, 3.8) is 0 Å². The van der Waals surface area contributed by atoms with Gasteiger partial charge < -0.3 is 19.0 Å². The average Bonchev–Trinajstić information content (AvgIpc) is 3.58. The van der Waals surface area contributed by atoms with E-state index in [1.807, 2.05) is 70.7 Å². The first kappa shape index (κ1) is 21.3. The van der Waals surface area contributed by atoms with E-state index in [4.69, 9.17) is 26.1 Å². The van der Waals surface area contributed by atoms with Gasteiger partial charge in [0, 0.05) is 33.2 Å². The minimum absolute atomic E-state index is 0.0957. The second-order valence-electron chi connectivity index (χ2n) is 7.42. The van der Waals surface area contributed by atoms with Gasteiger partial charge in [-0.05, 0) is 53.9 Å². The van der Waals surface area contributed by atoms with Crippen LogP contribution in [0.25, 0.3) is 44.1 Å². The Kier molecular flexibility index (Phi) is 5.66. The molecule has 0 saturated carbocycles. The second kappa shape index (κ2) is 8.77. The standard InChI is InChI=1S/C25H20ClN3O3S/c1-31-17-8-5-15(6-9-17)23-24(28-25(27-23)21-4-3-11-33-21)19-13-29(14-22(30)32-2)20-10-7-16(26)12-18(19)20/h3-13H,14H2,1-2H3,(H,27,28). The summed E-state index contributed by atoms with van der Waals surface area (Å²) in [6.07, 6.45) is 1.94. The highest BCUT2D eigenvalue weighted by Crippen LogP contribution is 2.39. The monoisotopic (exact) mass is 477 g/mol. The molecule has 166 valence electrons. The molecule has 0 saturated heterocycles. The highest BCUT2D eigenvalue weighted by atomic mass is 35.5. The van der Waals surface area contributed by atoms with Gasteiger partial charge in [0.15, 0.2) is 0 Å². The fraction of sp³-hybridized carbons (Fsp3) is 0.120. The fourth-order valence-corrected chi connectivity index (χ4v) is 4.70. The lowest BCUT2D eigenvalue weighted by Gasteiger charge is -2.04. The van der Waals surface area contributed by atoms with E-state index in [0.717, 1.165) is 49.9 Å². The van der Waals surface area contributed by atoms with E-state index in [1.165, 1.54) is 7.11 Å². The van der Waals surface area contributed by atoms with Crippen molar-refractivity contribution in [3.8, 4) is 39.0 Å². The number of rotatable bonds is 6. The first-order chi connectivity index (χ1) is 16.1. The molecule has 0 spiro atoms. The SMILES string of the molecule is COC(=O)Cn1cc(-c2[nH]c(-c3cccs3)nc2-c2ccc(OC)cc2)c2cc(Cl)ccc21. The lowest BCUT2D eigenvalue weighted by molar-refractivity contribution is -0.141. The van der Waals surface area contributed by atoms with Crippen molar-refractivity contribution >= 4 is 39.8 Å². The van der Waals surface area contributed by atoms with E-state index < -0.39 is 0 Å². The number of thiophene rings is 1. The van der Waals surface area contributed by atoms with Crippen LogP contribution >= 0.6 is 22.9 Å². The molecule has 0 fully saturated rings. The number of carbonyl (C=O) groups is 1. The van der Waals surface area contributed by atoms with Gasteiger partial charge in [0.2, 0.25) is 0 Å². The minimum Gasteiger partial charge on any atom is -0.497 e. The van der Waals surface area contributed by atoms with Crippen LogP contribution in [0.1, 0.15) is 0 Å². The quantitative estimate of drug-likeness (QED) is 0.293. The maximum Gasteiger partial charge on any atom is 0.325 e. The number of imidazole rings is 1. The topological polar surface area (TPSA) is 69.1 Å². The van der Waals surface area contributed by atoms with Gasteiger partial charge in [-0.15, -0.1) is 11.3 Å². The summed E-state index contributed by atoms with van der Waals surface area (Å²) in [5, 5.41) is 3.55. The van der Waals surface area contributed by atoms with Crippen LogP contribution in [0.2, 0.25) is 5.02 Å². The molecule has 1 N–H and O–H groups in total. The number of carbonyl (C=O) groups excluding carboxylic acids is 1. The number of nitrogens with one attached hydrogen (secondary N) is 1. The molecule has 0 bridgehead atoms. The van der Waals surface area contributed by atoms with Crippen LogP contribution in [0.3, 0.4) is 0 Å². The number of H-pyrrole nitrogens is 1.